The number of H-pyrrole nitrogens is 1. The normalized spacial score (nSPS) is 11.0. The molecule has 5 nitrogen and oxygen atoms in total. The van der Waals surface area contributed by atoms with Gasteiger partial charge in [0, 0.05) is 24.0 Å². The SMILES string of the molecule is O=Cc1c(Sc2ncc[nH]2)nc2sccn12. The van der Waals surface area contributed by atoms with E-state index >= 15 is 0 Å². The van der Waals surface area contributed by atoms with Crippen molar-refractivity contribution in [2.45, 2.75) is 10.2 Å². The molecule has 3 aromatic rings. The molecule has 7 heteroatoms. The molecule has 0 amide bonds. The molecule has 0 saturated heterocycles. The minimum Gasteiger partial charge on any atom is -0.339 e. The van der Waals surface area contributed by atoms with Crippen molar-refractivity contribution in [3.05, 3.63) is 29.7 Å². The predicted molar refractivity (Wildman–Crippen MR) is 61.2 cm³/mol. The molecular weight excluding hydrogens is 244 g/mol. The van der Waals surface area contributed by atoms with E-state index in [1.165, 1.54) is 23.1 Å². The number of thiazole rings is 1. The van der Waals surface area contributed by atoms with Crippen LogP contribution in [0.25, 0.3) is 4.96 Å². The highest BCUT2D eigenvalue weighted by molar-refractivity contribution is 7.99. The van der Waals surface area contributed by atoms with Crippen LogP contribution in [0, 0.1) is 0 Å². The summed E-state index contributed by atoms with van der Waals surface area (Å²) < 4.78 is 1.78. The van der Waals surface area contributed by atoms with Gasteiger partial charge < -0.3 is 4.98 Å². The minimum atomic E-state index is 0.567. The number of rotatable bonds is 3. The second kappa shape index (κ2) is 3.76. The Morgan fingerprint density at radius 2 is 2.50 bits per heavy atom. The number of nitrogens with one attached hydrogen (secondary N) is 1. The van der Waals surface area contributed by atoms with Crippen molar-refractivity contribution in [1.29, 1.82) is 0 Å². The fourth-order valence-corrected chi connectivity index (χ4v) is 2.95. The summed E-state index contributed by atoms with van der Waals surface area (Å²) in [5.74, 6) is 0. The van der Waals surface area contributed by atoms with Crippen LogP contribution in [0.5, 0.6) is 0 Å². The molecule has 3 rings (SSSR count). The van der Waals surface area contributed by atoms with Crippen LogP contribution >= 0.6 is 23.1 Å². The van der Waals surface area contributed by atoms with Crippen LogP contribution in [0.4, 0.5) is 0 Å². The molecular formula is C9H6N4OS2. The standard InChI is InChI=1S/C9H6N4OS2/c14-5-6-7(16-8-10-1-2-11-8)12-9-13(6)3-4-15-9/h1-5H,(H,10,11). The lowest BCUT2D eigenvalue weighted by Crippen LogP contribution is -1.88. The summed E-state index contributed by atoms with van der Waals surface area (Å²) in [4.78, 5) is 23.3. The molecule has 0 aromatic carbocycles. The highest BCUT2D eigenvalue weighted by Gasteiger charge is 2.14. The summed E-state index contributed by atoms with van der Waals surface area (Å²) in [6, 6.07) is 0. The van der Waals surface area contributed by atoms with Crippen molar-refractivity contribution in [2.75, 3.05) is 0 Å². The zero-order valence-electron chi connectivity index (χ0n) is 7.95. The number of aromatic amines is 1. The third-order valence-electron chi connectivity index (χ3n) is 2.04. The Morgan fingerprint density at radius 3 is 3.25 bits per heavy atom. The Morgan fingerprint density at radius 1 is 1.56 bits per heavy atom. The van der Waals surface area contributed by atoms with Gasteiger partial charge in [0.25, 0.3) is 0 Å². The number of carbonyl (C=O) groups is 1. The van der Waals surface area contributed by atoms with E-state index in [0.29, 0.717) is 10.7 Å². The van der Waals surface area contributed by atoms with Crippen molar-refractivity contribution < 1.29 is 4.79 Å². The maximum absolute atomic E-state index is 11.0. The molecule has 0 saturated carbocycles. The van der Waals surface area contributed by atoms with E-state index in [4.69, 9.17) is 0 Å². The molecule has 1 N–H and O–H groups in total. The number of carbonyl (C=O) groups excluding carboxylic acids is 1. The molecule has 0 unspecified atom stereocenters. The van der Waals surface area contributed by atoms with Crippen LogP contribution in [-0.2, 0) is 0 Å². The topological polar surface area (TPSA) is 63.0 Å². The van der Waals surface area contributed by atoms with Gasteiger partial charge in [-0.2, -0.15) is 0 Å². The molecule has 3 heterocycles. The van der Waals surface area contributed by atoms with E-state index < -0.39 is 0 Å². The minimum absolute atomic E-state index is 0.567. The van der Waals surface area contributed by atoms with E-state index in [0.717, 1.165) is 16.4 Å². The largest absolute Gasteiger partial charge is 0.339 e. The highest BCUT2D eigenvalue weighted by atomic mass is 32.2. The molecule has 0 aliphatic heterocycles. The smallest absolute Gasteiger partial charge is 0.195 e. The van der Waals surface area contributed by atoms with Crippen molar-refractivity contribution in [2.24, 2.45) is 0 Å². The summed E-state index contributed by atoms with van der Waals surface area (Å²) in [5, 5.41) is 3.31. The third-order valence-corrected chi connectivity index (χ3v) is 3.71. The van der Waals surface area contributed by atoms with Crippen LogP contribution in [0.2, 0.25) is 0 Å². The summed E-state index contributed by atoms with van der Waals surface area (Å²) in [6.45, 7) is 0. The monoisotopic (exact) mass is 250 g/mol. The lowest BCUT2D eigenvalue weighted by molar-refractivity contribution is 0.111. The molecule has 0 radical (unpaired) electrons. The van der Waals surface area contributed by atoms with Gasteiger partial charge in [-0.1, -0.05) is 0 Å². The number of hydrogen-bond donors (Lipinski definition) is 1. The maximum Gasteiger partial charge on any atom is 0.195 e. The first kappa shape index (κ1) is 9.61. The van der Waals surface area contributed by atoms with Crippen LogP contribution in [0.3, 0.4) is 0 Å². The fourth-order valence-electron chi connectivity index (χ4n) is 1.36. The molecule has 16 heavy (non-hydrogen) atoms. The van der Waals surface area contributed by atoms with Crippen LogP contribution in [0.1, 0.15) is 10.5 Å². The summed E-state index contributed by atoms with van der Waals surface area (Å²) in [7, 11) is 0. The van der Waals surface area contributed by atoms with Gasteiger partial charge in [-0.05, 0) is 11.8 Å². The summed E-state index contributed by atoms with van der Waals surface area (Å²) >= 11 is 2.85. The Bertz CT molecular complexity index is 625. The maximum atomic E-state index is 11.0. The van der Waals surface area contributed by atoms with Crippen LogP contribution in [0.15, 0.2) is 34.2 Å². The molecule has 0 bridgehead atoms. The Labute approximate surface area is 98.5 Å². The molecule has 0 fully saturated rings. The lowest BCUT2D eigenvalue weighted by Gasteiger charge is -1.93. The third kappa shape index (κ3) is 1.44. The number of fused-ring (bicyclic) bond motifs is 1. The van der Waals surface area contributed by atoms with Gasteiger partial charge in [0.2, 0.25) is 0 Å². The summed E-state index contributed by atoms with van der Waals surface area (Å²) in [6.07, 6.45) is 6.06. The van der Waals surface area contributed by atoms with Gasteiger partial charge in [-0.15, -0.1) is 11.3 Å². The van der Waals surface area contributed by atoms with E-state index in [-0.39, 0.29) is 0 Å². The van der Waals surface area contributed by atoms with Crippen molar-refractivity contribution >= 4 is 34.3 Å². The average Bonchev–Trinajstić information content (AvgIpc) is 2.93. The van der Waals surface area contributed by atoms with E-state index in [1.54, 1.807) is 16.8 Å². The lowest BCUT2D eigenvalue weighted by atomic mass is 10.5. The first-order valence-corrected chi connectivity index (χ1v) is 6.16. The molecule has 0 atom stereocenters. The molecule has 0 aliphatic carbocycles. The van der Waals surface area contributed by atoms with Gasteiger partial charge in [-0.25, -0.2) is 9.97 Å². The fraction of sp³-hybridized carbons (Fsp3) is 0. The second-order valence-corrected chi connectivity index (χ2v) is 4.82. The van der Waals surface area contributed by atoms with Gasteiger partial charge in [0.15, 0.2) is 16.4 Å². The Kier molecular flexibility index (Phi) is 2.26. The summed E-state index contributed by atoms with van der Waals surface area (Å²) in [5.41, 5.74) is 0.567. The van der Waals surface area contributed by atoms with E-state index in [1.807, 2.05) is 11.6 Å². The highest BCUT2D eigenvalue weighted by Crippen LogP contribution is 2.28. The first-order chi connectivity index (χ1) is 7.88. The van der Waals surface area contributed by atoms with Crippen LogP contribution in [-0.4, -0.2) is 25.6 Å². The zero-order valence-corrected chi connectivity index (χ0v) is 9.59. The molecule has 80 valence electrons. The average molecular weight is 250 g/mol. The van der Waals surface area contributed by atoms with Gasteiger partial charge in [0.05, 0.1) is 0 Å². The number of hydrogen-bond acceptors (Lipinski definition) is 5. The van der Waals surface area contributed by atoms with E-state index in [9.17, 15) is 4.79 Å². The number of aldehydes is 1. The number of aromatic nitrogens is 4. The number of imidazole rings is 2. The van der Waals surface area contributed by atoms with Crippen molar-refractivity contribution in [1.82, 2.24) is 19.4 Å². The quantitative estimate of drug-likeness (QED) is 0.723. The molecule has 0 spiro atoms. The predicted octanol–water partition coefficient (Wildman–Crippen LogP) is 2.08. The van der Waals surface area contributed by atoms with E-state index in [2.05, 4.69) is 15.0 Å². The first-order valence-electron chi connectivity index (χ1n) is 4.46. The van der Waals surface area contributed by atoms with Crippen LogP contribution < -0.4 is 0 Å². The van der Waals surface area contributed by atoms with Crippen molar-refractivity contribution in [3.63, 3.8) is 0 Å². The van der Waals surface area contributed by atoms with Gasteiger partial charge in [-0.3, -0.25) is 9.20 Å². The Hall–Kier alpha value is -1.60. The van der Waals surface area contributed by atoms with Gasteiger partial charge in [0.1, 0.15) is 10.7 Å². The molecule has 0 aliphatic rings. The zero-order chi connectivity index (χ0) is 11.0. The number of nitrogens with zero attached hydrogens (tertiary/aromatic N) is 3. The van der Waals surface area contributed by atoms with Crippen molar-refractivity contribution in [3.8, 4) is 0 Å². The second-order valence-electron chi connectivity index (χ2n) is 2.97. The van der Waals surface area contributed by atoms with Gasteiger partial charge >= 0.3 is 0 Å². The molecule has 3 aromatic heterocycles. The Balaban J connectivity index is 2.08.